The molecule has 1 atom stereocenters. The number of nitrogens with two attached hydrogens (primary N) is 1. The van der Waals surface area contributed by atoms with E-state index in [1.807, 2.05) is 18.7 Å². The van der Waals surface area contributed by atoms with Gasteiger partial charge in [-0.3, -0.25) is 4.90 Å². The minimum Gasteiger partial charge on any atom is -0.394 e. The van der Waals surface area contributed by atoms with E-state index < -0.39 is 6.10 Å². The van der Waals surface area contributed by atoms with Gasteiger partial charge < -0.3 is 15.9 Å². The van der Waals surface area contributed by atoms with Crippen LogP contribution in [0.15, 0.2) is 12.7 Å². The largest absolute Gasteiger partial charge is 0.394 e. The molecule has 4 heteroatoms. The second-order valence-corrected chi connectivity index (χ2v) is 4.05. The Morgan fingerprint density at radius 3 is 2.50 bits per heavy atom. The maximum atomic E-state index is 9.35. The molecule has 84 valence electrons. The van der Waals surface area contributed by atoms with Gasteiger partial charge in [-0.25, -0.2) is 0 Å². The van der Waals surface area contributed by atoms with Crippen LogP contribution in [-0.2, 0) is 0 Å². The number of aliphatic hydroxyl groups excluding tert-OH is 2. The summed E-state index contributed by atoms with van der Waals surface area (Å²) < 4.78 is 0. The topological polar surface area (TPSA) is 69.7 Å². The molecule has 0 rings (SSSR count). The van der Waals surface area contributed by atoms with E-state index in [-0.39, 0.29) is 12.1 Å². The van der Waals surface area contributed by atoms with Crippen molar-refractivity contribution in [2.75, 3.05) is 26.2 Å². The quantitative estimate of drug-likeness (QED) is 0.490. The first kappa shape index (κ1) is 13.6. The smallest absolute Gasteiger partial charge is 0.0897 e. The normalized spacial score (nSPS) is 14.4. The maximum absolute atomic E-state index is 9.35. The Labute approximate surface area is 86.0 Å². The standard InChI is InChI=1S/C10H22N2O2/c1-4-5-12(6-9(14)7-13)10(2,3)8-11/h4,9,13-14H,1,5-8,11H2,2-3H3. The molecule has 0 aliphatic carbocycles. The zero-order chi connectivity index (χ0) is 11.2. The first-order chi connectivity index (χ1) is 6.47. The van der Waals surface area contributed by atoms with E-state index in [0.717, 1.165) is 0 Å². The first-order valence-corrected chi connectivity index (χ1v) is 4.83. The van der Waals surface area contributed by atoms with Gasteiger partial charge in [-0.15, -0.1) is 6.58 Å². The molecular formula is C10H22N2O2. The molecule has 0 amide bonds. The minimum atomic E-state index is -0.722. The first-order valence-electron chi connectivity index (χ1n) is 4.83. The fraction of sp³-hybridized carbons (Fsp3) is 0.800. The molecule has 0 aromatic carbocycles. The molecule has 0 fully saturated rings. The van der Waals surface area contributed by atoms with Gasteiger partial charge in [-0.05, 0) is 13.8 Å². The Kier molecular flexibility index (Phi) is 5.95. The third kappa shape index (κ3) is 4.19. The Morgan fingerprint density at radius 1 is 1.57 bits per heavy atom. The van der Waals surface area contributed by atoms with Crippen LogP contribution >= 0.6 is 0 Å². The number of aliphatic hydroxyl groups is 2. The van der Waals surface area contributed by atoms with Crippen LogP contribution < -0.4 is 5.73 Å². The lowest BCUT2D eigenvalue weighted by Gasteiger charge is -2.38. The summed E-state index contributed by atoms with van der Waals surface area (Å²) in [6.07, 6.45) is 1.04. The third-order valence-corrected chi connectivity index (χ3v) is 2.35. The Balaban J connectivity index is 4.34. The van der Waals surface area contributed by atoms with Crippen molar-refractivity contribution in [3.63, 3.8) is 0 Å². The Hall–Kier alpha value is -0.420. The van der Waals surface area contributed by atoms with Crippen molar-refractivity contribution in [1.82, 2.24) is 4.90 Å². The predicted octanol–water partition coefficient (Wildman–Crippen LogP) is -0.435. The molecule has 0 aliphatic rings. The average molecular weight is 202 g/mol. The molecule has 0 aliphatic heterocycles. The van der Waals surface area contributed by atoms with E-state index >= 15 is 0 Å². The molecule has 0 radical (unpaired) electrons. The van der Waals surface area contributed by atoms with Gasteiger partial charge in [-0.2, -0.15) is 0 Å². The van der Waals surface area contributed by atoms with Crippen molar-refractivity contribution in [3.05, 3.63) is 12.7 Å². The summed E-state index contributed by atoms with van der Waals surface area (Å²) in [5.41, 5.74) is 5.44. The molecule has 4 N–H and O–H groups in total. The van der Waals surface area contributed by atoms with Gasteiger partial charge in [0.25, 0.3) is 0 Å². The van der Waals surface area contributed by atoms with Crippen molar-refractivity contribution < 1.29 is 10.2 Å². The number of rotatable bonds is 7. The molecule has 0 saturated heterocycles. The average Bonchev–Trinajstić information content (AvgIpc) is 2.17. The lowest BCUT2D eigenvalue weighted by molar-refractivity contribution is 0.0301. The van der Waals surface area contributed by atoms with Crippen LogP contribution in [0.5, 0.6) is 0 Å². The van der Waals surface area contributed by atoms with E-state index in [4.69, 9.17) is 10.8 Å². The van der Waals surface area contributed by atoms with E-state index in [0.29, 0.717) is 19.6 Å². The Morgan fingerprint density at radius 2 is 2.14 bits per heavy atom. The summed E-state index contributed by atoms with van der Waals surface area (Å²) in [6.45, 7) is 8.99. The summed E-state index contributed by atoms with van der Waals surface area (Å²) in [4.78, 5) is 2.00. The van der Waals surface area contributed by atoms with Gasteiger partial charge in [0.1, 0.15) is 0 Å². The van der Waals surface area contributed by atoms with Crippen LogP contribution in [0.25, 0.3) is 0 Å². The molecule has 14 heavy (non-hydrogen) atoms. The molecular weight excluding hydrogens is 180 g/mol. The molecule has 0 heterocycles. The molecule has 1 unspecified atom stereocenters. The molecule has 0 bridgehead atoms. The highest BCUT2D eigenvalue weighted by atomic mass is 16.3. The van der Waals surface area contributed by atoms with Crippen LogP contribution in [-0.4, -0.2) is 53.0 Å². The van der Waals surface area contributed by atoms with Crippen molar-refractivity contribution in [2.45, 2.75) is 25.5 Å². The van der Waals surface area contributed by atoms with E-state index in [9.17, 15) is 5.11 Å². The molecule has 0 saturated carbocycles. The van der Waals surface area contributed by atoms with Crippen molar-refractivity contribution >= 4 is 0 Å². The second-order valence-electron chi connectivity index (χ2n) is 4.05. The zero-order valence-corrected chi connectivity index (χ0v) is 9.11. The molecule has 0 aromatic heterocycles. The van der Waals surface area contributed by atoms with Crippen LogP contribution in [0, 0.1) is 0 Å². The highest BCUT2D eigenvalue weighted by Gasteiger charge is 2.25. The van der Waals surface area contributed by atoms with Gasteiger partial charge in [-0.1, -0.05) is 6.08 Å². The fourth-order valence-electron chi connectivity index (χ4n) is 1.17. The SMILES string of the molecule is C=CCN(CC(O)CO)C(C)(C)CN. The monoisotopic (exact) mass is 202 g/mol. The Bertz CT molecular complexity index is 172. The molecule has 0 spiro atoms. The van der Waals surface area contributed by atoms with Gasteiger partial charge in [0.15, 0.2) is 0 Å². The molecule has 0 aromatic rings. The van der Waals surface area contributed by atoms with Gasteiger partial charge in [0, 0.05) is 25.2 Å². The third-order valence-electron chi connectivity index (χ3n) is 2.35. The van der Waals surface area contributed by atoms with Crippen LogP contribution in [0.3, 0.4) is 0 Å². The predicted molar refractivity (Wildman–Crippen MR) is 58.0 cm³/mol. The van der Waals surface area contributed by atoms with Crippen LogP contribution in [0.1, 0.15) is 13.8 Å². The van der Waals surface area contributed by atoms with Crippen molar-refractivity contribution in [3.8, 4) is 0 Å². The second kappa shape index (κ2) is 6.14. The van der Waals surface area contributed by atoms with E-state index in [1.54, 1.807) is 6.08 Å². The number of β-amino-alcohol motifs (C(OH)–C–C–N with tert-alkyl or cyclic N) is 1. The van der Waals surface area contributed by atoms with Crippen molar-refractivity contribution in [2.24, 2.45) is 5.73 Å². The lowest BCUT2D eigenvalue weighted by atomic mass is 10.0. The van der Waals surface area contributed by atoms with Crippen LogP contribution in [0.4, 0.5) is 0 Å². The van der Waals surface area contributed by atoms with Crippen LogP contribution in [0.2, 0.25) is 0 Å². The summed E-state index contributed by atoms with van der Waals surface area (Å²) in [6, 6.07) is 0. The minimum absolute atomic E-state index is 0.190. The summed E-state index contributed by atoms with van der Waals surface area (Å²) >= 11 is 0. The molecule has 4 nitrogen and oxygen atoms in total. The van der Waals surface area contributed by atoms with E-state index in [2.05, 4.69) is 6.58 Å². The summed E-state index contributed by atoms with van der Waals surface area (Å²) in [7, 11) is 0. The number of hydrogen-bond acceptors (Lipinski definition) is 4. The van der Waals surface area contributed by atoms with Gasteiger partial charge in [0.05, 0.1) is 12.7 Å². The fourth-order valence-corrected chi connectivity index (χ4v) is 1.17. The zero-order valence-electron chi connectivity index (χ0n) is 9.11. The maximum Gasteiger partial charge on any atom is 0.0897 e. The lowest BCUT2D eigenvalue weighted by Crippen LogP contribution is -2.52. The number of nitrogens with zero attached hydrogens (tertiary/aromatic N) is 1. The summed E-state index contributed by atoms with van der Waals surface area (Å²) in [5.74, 6) is 0. The highest BCUT2D eigenvalue weighted by Crippen LogP contribution is 2.12. The van der Waals surface area contributed by atoms with Crippen molar-refractivity contribution in [1.29, 1.82) is 0 Å². The van der Waals surface area contributed by atoms with Gasteiger partial charge >= 0.3 is 0 Å². The highest BCUT2D eigenvalue weighted by molar-refractivity contribution is 4.88. The summed E-state index contributed by atoms with van der Waals surface area (Å²) in [5, 5.41) is 18.1. The van der Waals surface area contributed by atoms with Gasteiger partial charge in [0.2, 0.25) is 0 Å². The number of hydrogen-bond donors (Lipinski definition) is 3. The van der Waals surface area contributed by atoms with E-state index in [1.165, 1.54) is 0 Å².